The lowest BCUT2D eigenvalue weighted by Crippen LogP contribution is -2.10. The molecule has 0 aliphatic carbocycles. The second kappa shape index (κ2) is 21.9. The van der Waals surface area contributed by atoms with Gasteiger partial charge in [0.2, 0.25) is 5.91 Å². The van der Waals surface area contributed by atoms with Gasteiger partial charge in [-0.05, 0) is 18.6 Å². The molecule has 0 radical (unpaired) electrons. The molecule has 0 bridgehead atoms. The van der Waals surface area contributed by atoms with Crippen LogP contribution < -0.4 is 5.73 Å². The Bertz CT molecular complexity index is 421. The summed E-state index contributed by atoms with van der Waals surface area (Å²) in [5.41, 5.74) is 5.38. The number of carbonyl (C=O) groups is 1. The number of nitrogens with two attached hydrogens (primary N) is 1. The lowest BCUT2D eigenvalue weighted by Gasteiger charge is -2.03. The number of amides is 1. The number of hydrogen-bond donors (Lipinski definition) is 2. The van der Waals surface area contributed by atoms with Crippen LogP contribution >= 0.6 is 0 Å². The SMILES string of the molecule is CCCCCCCCCCCCCCCCCCO.NC(=O)c1cccnc1. The zero-order valence-corrected chi connectivity index (χ0v) is 18.2. The Kier molecular flexibility index (Phi) is 20.8. The summed E-state index contributed by atoms with van der Waals surface area (Å²) < 4.78 is 0. The fourth-order valence-electron chi connectivity index (χ4n) is 3.17. The second-order valence-electron chi connectivity index (χ2n) is 7.63. The molecule has 1 rings (SSSR count). The normalized spacial score (nSPS) is 10.4. The van der Waals surface area contributed by atoms with Gasteiger partial charge in [0.05, 0.1) is 5.56 Å². The van der Waals surface area contributed by atoms with Crippen LogP contribution in [0.1, 0.15) is 120 Å². The molecule has 0 atom stereocenters. The summed E-state index contributed by atoms with van der Waals surface area (Å²) in [5.74, 6) is -0.442. The first-order valence-corrected chi connectivity index (χ1v) is 11.5. The smallest absolute Gasteiger partial charge is 0.250 e. The molecule has 0 aliphatic heterocycles. The Morgan fingerprint density at radius 1 is 0.821 bits per heavy atom. The molecule has 0 saturated heterocycles. The number of hydrogen-bond acceptors (Lipinski definition) is 3. The van der Waals surface area contributed by atoms with Crippen molar-refractivity contribution in [3.8, 4) is 0 Å². The molecule has 0 unspecified atom stereocenters. The van der Waals surface area contributed by atoms with E-state index in [1.165, 1.54) is 103 Å². The minimum atomic E-state index is -0.442. The largest absolute Gasteiger partial charge is 0.396 e. The number of nitrogens with zero attached hydrogens (tertiary/aromatic N) is 1. The first kappa shape index (κ1) is 26.6. The second-order valence-corrected chi connectivity index (χ2v) is 7.63. The molecule has 0 saturated carbocycles. The van der Waals surface area contributed by atoms with Gasteiger partial charge in [0, 0.05) is 19.0 Å². The van der Waals surface area contributed by atoms with Gasteiger partial charge < -0.3 is 10.8 Å². The molecule has 0 spiro atoms. The molecule has 4 heteroatoms. The van der Waals surface area contributed by atoms with Gasteiger partial charge in [0.1, 0.15) is 0 Å². The highest BCUT2D eigenvalue weighted by Crippen LogP contribution is 2.13. The lowest BCUT2D eigenvalue weighted by molar-refractivity contribution is 0.1000. The van der Waals surface area contributed by atoms with E-state index in [4.69, 9.17) is 10.8 Å². The number of carbonyl (C=O) groups excluding carboxylic acids is 1. The lowest BCUT2D eigenvalue weighted by atomic mass is 10.0. The standard InChI is InChI=1S/C18H38O.C6H6N2O/c1-2-3-4-5-6-7-8-9-10-11-12-13-14-15-16-17-18-19;7-6(9)5-2-1-3-8-4-5/h19H,2-18H2,1H3;1-4H,(H2,7,9). The van der Waals surface area contributed by atoms with E-state index in [1.54, 1.807) is 18.3 Å². The van der Waals surface area contributed by atoms with E-state index >= 15 is 0 Å². The average Bonchev–Trinajstić information content (AvgIpc) is 2.72. The van der Waals surface area contributed by atoms with E-state index in [-0.39, 0.29) is 0 Å². The maximum absolute atomic E-state index is 10.4. The minimum Gasteiger partial charge on any atom is -0.396 e. The molecular formula is C24H44N2O2. The van der Waals surface area contributed by atoms with Crippen molar-refractivity contribution in [3.63, 3.8) is 0 Å². The molecule has 4 nitrogen and oxygen atoms in total. The third-order valence-electron chi connectivity index (χ3n) is 4.96. The van der Waals surface area contributed by atoms with E-state index in [9.17, 15) is 4.79 Å². The number of pyridine rings is 1. The van der Waals surface area contributed by atoms with Crippen molar-refractivity contribution < 1.29 is 9.90 Å². The van der Waals surface area contributed by atoms with Crippen molar-refractivity contribution in [2.75, 3.05) is 6.61 Å². The first-order valence-electron chi connectivity index (χ1n) is 11.5. The molecule has 3 N–H and O–H groups in total. The maximum atomic E-state index is 10.4. The summed E-state index contributed by atoms with van der Waals surface area (Å²) in [4.78, 5) is 14.1. The highest BCUT2D eigenvalue weighted by Gasteiger charge is 1.95. The third kappa shape index (κ3) is 19.3. The van der Waals surface area contributed by atoms with Crippen molar-refractivity contribution in [2.24, 2.45) is 5.73 Å². The fraction of sp³-hybridized carbons (Fsp3) is 0.750. The van der Waals surface area contributed by atoms with Crippen molar-refractivity contribution in [3.05, 3.63) is 30.1 Å². The van der Waals surface area contributed by atoms with Crippen LogP contribution in [0.4, 0.5) is 0 Å². The molecule has 1 aromatic rings. The van der Waals surface area contributed by atoms with E-state index in [2.05, 4.69) is 11.9 Å². The number of unbranched alkanes of at least 4 members (excludes halogenated alkanes) is 15. The van der Waals surface area contributed by atoms with E-state index in [1.807, 2.05) is 0 Å². The predicted octanol–water partition coefficient (Wildman–Crippen LogP) is 6.42. The first-order chi connectivity index (χ1) is 13.7. The van der Waals surface area contributed by atoms with Crippen molar-refractivity contribution in [1.82, 2.24) is 4.98 Å². The van der Waals surface area contributed by atoms with Crippen LogP contribution in [0.25, 0.3) is 0 Å². The summed E-state index contributed by atoms with van der Waals surface area (Å²) in [6.45, 7) is 2.66. The summed E-state index contributed by atoms with van der Waals surface area (Å²) >= 11 is 0. The molecular weight excluding hydrogens is 348 g/mol. The number of rotatable bonds is 17. The topological polar surface area (TPSA) is 76.2 Å². The summed E-state index contributed by atoms with van der Waals surface area (Å²) in [7, 11) is 0. The summed E-state index contributed by atoms with van der Waals surface area (Å²) in [6, 6.07) is 3.29. The molecule has 0 aromatic carbocycles. The predicted molar refractivity (Wildman–Crippen MR) is 119 cm³/mol. The molecule has 1 heterocycles. The van der Waals surface area contributed by atoms with Gasteiger partial charge in [-0.15, -0.1) is 0 Å². The van der Waals surface area contributed by atoms with Crippen LogP contribution in [-0.2, 0) is 0 Å². The van der Waals surface area contributed by atoms with Gasteiger partial charge in [-0.1, -0.05) is 103 Å². The summed E-state index contributed by atoms with van der Waals surface area (Å²) in [5, 5.41) is 8.67. The van der Waals surface area contributed by atoms with Gasteiger partial charge in [0.25, 0.3) is 0 Å². The van der Waals surface area contributed by atoms with Gasteiger partial charge >= 0.3 is 0 Å². The Hall–Kier alpha value is -1.42. The van der Waals surface area contributed by atoms with Gasteiger partial charge in [-0.2, -0.15) is 0 Å². The highest BCUT2D eigenvalue weighted by molar-refractivity contribution is 5.92. The molecule has 1 aromatic heterocycles. The van der Waals surface area contributed by atoms with Crippen LogP contribution in [0.5, 0.6) is 0 Å². The van der Waals surface area contributed by atoms with Crippen LogP contribution in [0.2, 0.25) is 0 Å². The Balaban J connectivity index is 0.000000668. The van der Waals surface area contributed by atoms with Gasteiger partial charge in [-0.3, -0.25) is 9.78 Å². The quantitative estimate of drug-likeness (QED) is 0.300. The van der Waals surface area contributed by atoms with Crippen LogP contribution in [0.15, 0.2) is 24.5 Å². The van der Waals surface area contributed by atoms with Crippen LogP contribution in [-0.4, -0.2) is 22.6 Å². The Morgan fingerprint density at radius 2 is 1.25 bits per heavy atom. The van der Waals surface area contributed by atoms with Gasteiger partial charge in [0.15, 0.2) is 0 Å². The van der Waals surface area contributed by atoms with Crippen molar-refractivity contribution >= 4 is 5.91 Å². The van der Waals surface area contributed by atoms with Crippen LogP contribution in [0.3, 0.4) is 0 Å². The Labute approximate surface area is 173 Å². The zero-order valence-electron chi connectivity index (χ0n) is 18.2. The molecule has 28 heavy (non-hydrogen) atoms. The fourth-order valence-corrected chi connectivity index (χ4v) is 3.17. The number of aromatic nitrogens is 1. The molecule has 0 aliphatic rings. The number of aliphatic hydroxyl groups is 1. The monoisotopic (exact) mass is 392 g/mol. The van der Waals surface area contributed by atoms with Crippen molar-refractivity contribution in [1.29, 1.82) is 0 Å². The number of primary amides is 1. The van der Waals surface area contributed by atoms with Crippen molar-refractivity contribution in [2.45, 2.75) is 110 Å². The number of aliphatic hydroxyl groups excluding tert-OH is 1. The molecule has 162 valence electrons. The van der Waals surface area contributed by atoms with E-state index < -0.39 is 5.91 Å². The average molecular weight is 393 g/mol. The summed E-state index contributed by atoms with van der Waals surface area (Å²) in [6.07, 6.45) is 25.2. The third-order valence-corrected chi connectivity index (χ3v) is 4.96. The minimum absolute atomic E-state index is 0.373. The highest BCUT2D eigenvalue weighted by atomic mass is 16.2. The van der Waals surface area contributed by atoms with Crippen LogP contribution in [0, 0.1) is 0 Å². The Morgan fingerprint density at radius 3 is 1.54 bits per heavy atom. The molecule has 1 amide bonds. The van der Waals surface area contributed by atoms with E-state index in [0.29, 0.717) is 12.2 Å². The maximum Gasteiger partial charge on any atom is 0.250 e. The van der Waals surface area contributed by atoms with E-state index in [0.717, 1.165) is 6.42 Å². The molecule has 0 fully saturated rings. The zero-order chi connectivity index (χ0) is 20.7. The van der Waals surface area contributed by atoms with Gasteiger partial charge in [-0.25, -0.2) is 0 Å².